The van der Waals surface area contributed by atoms with E-state index in [0.29, 0.717) is 0 Å². The second kappa shape index (κ2) is 8.21. The minimum absolute atomic E-state index is 0. The molecule has 4 aromatic rings. The van der Waals surface area contributed by atoms with E-state index in [4.69, 9.17) is 0 Å². The third kappa shape index (κ3) is 4.19. The fraction of sp³-hybridized carbons (Fsp3) is 0.400. The van der Waals surface area contributed by atoms with Gasteiger partial charge in [0.05, 0.1) is 0 Å². The van der Waals surface area contributed by atoms with Crippen LogP contribution in [0.5, 0.6) is 0 Å². The molecule has 0 amide bonds. The Morgan fingerprint density at radius 1 is 0.625 bits per heavy atom. The van der Waals surface area contributed by atoms with Crippen molar-refractivity contribution < 1.29 is 26.2 Å². The Kier molecular flexibility index (Phi) is 6.51. The molecule has 0 heterocycles. The summed E-state index contributed by atoms with van der Waals surface area (Å²) in [6.45, 7) is 23.6. The van der Waals surface area contributed by atoms with Gasteiger partial charge in [0.1, 0.15) is 0 Å². The predicted octanol–water partition coefficient (Wildman–Crippen LogP) is 7.46. The molecule has 0 fully saturated rings. The maximum absolute atomic E-state index is 2.56. The maximum Gasteiger partial charge on any atom is 2.00 e. The van der Waals surface area contributed by atoms with E-state index in [9.17, 15) is 0 Å². The van der Waals surface area contributed by atoms with Crippen molar-refractivity contribution in [2.24, 2.45) is 0 Å². The van der Waals surface area contributed by atoms with Crippen LogP contribution in [0, 0.1) is 13.8 Å². The molecule has 0 aromatic heterocycles. The van der Waals surface area contributed by atoms with Gasteiger partial charge in [-0.1, -0.05) is 79.6 Å². The largest absolute Gasteiger partial charge is 2.00 e. The van der Waals surface area contributed by atoms with Crippen molar-refractivity contribution in [1.29, 1.82) is 0 Å². The zero-order chi connectivity index (χ0) is 22.9. The summed E-state index contributed by atoms with van der Waals surface area (Å²) in [7, 11) is -1.93. The predicted molar refractivity (Wildman–Crippen MR) is 143 cm³/mol. The van der Waals surface area contributed by atoms with Crippen LogP contribution in [0.25, 0.3) is 21.5 Å². The van der Waals surface area contributed by atoms with Crippen molar-refractivity contribution in [2.45, 2.75) is 79.3 Å². The summed E-state index contributed by atoms with van der Waals surface area (Å²) in [5.41, 5.74) is 6.09. The summed E-state index contributed by atoms with van der Waals surface area (Å²) in [6.07, 6.45) is 0. The Morgan fingerprint density at radius 2 is 0.969 bits per heavy atom. The average molecular weight is 518 g/mol. The van der Waals surface area contributed by atoms with E-state index >= 15 is 0 Å². The Morgan fingerprint density at radius 3 is 1.28 bits per heavy atom. The molecule has 0 atom stereocenters. The van der Waals surface area contributed by atoms with E-state index in [-0.39, 0.29) is 37.0 Å². The summed E-state index contributed by atoms with van der Waals surface area (Å²) < 4.78 is 0. The second-order valence-electron chi connectivity index (χ2n) is 12.1. The first kappa shape index (κ1) is 25.4. The van der Waals surface area contributed by atoms with Crippen molar-refractivity contribution in [3.05, 3.63) is 70.8 Å². The zero-order valence-electron chi connectivity index (χ0n) is 21.6. The van der Waals surface area contributed by atoms with Gasteiger partial charge < -0.3 is 0 Å². The standard InChI is InChI=1S/C30H38Si.Zr/c1-19-15-21-11-13-23(29(3,4)5)17-25(21)27(19)31(9,10)28-20(2)16-22-12-14-24(18-26(22)28)30(6,7)8;/h11-18H,1-10H3;/q-2;+2. The first-order valence-electron chi connectivity index (χ1n) is 11.6. The molecule has 0 bridgehead atoms. The molecular weight excluding hydrogens is 480 g/mol. The zero-order valence-corrected chi connectivity index (χ0v) is 25.1. The normalized spacial score (nSPS) is 13.1. The molecule has 0 unspecified atom stereocenters. The second-order valence-corrected chi connectivity index (χ2v) is 16.4. The summed E-state index contributed by atoms with van der Waals surface area (Å²) in [6, 6.07) is 19.1. The van der Waals surface area contributed by atoms with Crippen molar-refractivity contribution >= 4 is 40.0 Å². The van der Waals surface area contributed by atoms with E-state index in [1.165, 1.54) is 43.8 Å². The number of fused-ring (bicyclic) bond motifs is 2. The molecule has 0 saturated heterocycles. The van der Waals surface area contributed by atoms with Gasteiger partial charge in [-0.05, 0) is 10.8 Å². The third-order valence-electron chi connectivity index (χ3n) is 7.16. The van der Waals surface area contributed by atoms with Gasteiger partial charge >= 0.3 is 26.2 Å². The molecule has 0 spiro atoms. The molecular formula is C30H38SiZr. The van der Waals surface area contributed by atoms with Crippen LogP contribution in [0.2, 0.25) is 13.1 Å². The molecule has 0 nitrogen and oxygen atoms in total. The van der Waals surface area contributed by atoms with Crippen LogP contribution >= 0.6 is 0 Å². The summed E-state index contributed by atoms with van der Waals surface area (Å²) in [4.78, 5) is 0. The average Bonchev–Trinajstić information content (AvgIpc) is 3.14. The van der Waals surface area contributed by atoms with Crippen molar-refractivity contribution in [1.82, 2.24) is 0 Å². The molecule has 0 aliphatic rings. The van der Waals surface area contributed by atoms with Gasteiger partial charge in [-0.3, -0.25) is 0 Å². The molecule has 0 radical (unpaired) electrons. The van der Waals surface area contributed by atoms with Crippen LogP contribution < -0.4 is 10.4 Å². The Labute approximate surface area is 215 Å². The van der Waals surface area contributed by atoms with Gasteiger partial charge in [0.15, 0.2) is 0 Å². The maximum atomic E-state index is 2.56. The number of hydrogen-bond acceptors (Lipinski definition) is 0. The van der Waals surface area contributed by atoms with Crippen molar-refractivity contribution in [2.75, 3.05) is 0 Å². The van der Waals surface area contributed by atoms with Gasteiger partial charge in [0.25, 0.3) is 0 Å². The molecule has 4 rings (SSSR count). The number of hydrogen-bond donors (Lipinski definition) is 0. The molecule has 0 aliphatic heterocycles. The smallest absolute Gasteiger partial charge is 0.159 e. The minimum atomic E-state index is -1.93. The molecule has 0 aliphatic carbocycles. The molecule has 166 valence electrons. The Balaban J connectivity index is 0.00000289. The Bertz CT molecular complexity index is 1180. The van der Waals surface area contributed by atoms with E-state index in [1.807, 2.05) is 0 Å². The van der Waals surface area contributed by atoms with Gasteiger partial charge in [-0.2, -0.15) is 10.4 Å². The Hall–Kier alpha value is -1.24. The first-order valence-corrected chi connectivity index (χ1v) is 14.6. The summed E-state index contributed by atoms with van der Waals surface area (Å²) in [5.74, 6) is 0. The molecule has 0 saturated carbocycles. The fourth-order valence-corrected chi connectivity index (χ4v) is 9.70. The van der Waals surface area contributed by atoms with Crippen LogP contribution in [0.3, 0.4) is 0 Å². The van der Waals surface area contributed by atoms with Crippen LogP contribution in [-0.4, -0.2) is 8.07 Å². The van der Waals surface area contributed by atoms with Crippen LogP contribution in [0.15, 0.2) is 48.5 Å². The number of benzene rings is 2. The monoisotopic (exact) mass is 516 g/mol. The van der Waals surface area contributed by atoms with Gasteiger partial charge in [0.2, 0.25) is 0 Å². The van der Waals surface area contributed by atoms with Gasteiger partial charge in [-0.25, -0.2) is 0 Å². The van der Waals surface area contributed by atoms with Crippen LogP contribution in [0.1, 0.15) is 63.8 Å². The van der Waals surface area contributed by atoms with Crippen LogP contribution in [0.4, 0.5) is 0 Å². The molecule has 32 heavy (non-hydrogen) atoms. The molecule has 4 aromatic carbocycles. The summed E-state index contributed by atoms with van der Waals surface area (Å²) >= 11 is 0. The quantitative estimate of drug-likeness (QED) is 0.191. The van der Waals surface area contributed by atoms with Crippen molar-refractivity contribution in [3.8, 4) is 0 Å². The fourth-order valence-electron chi connectivity index (χ4n) is 5.55. The minimum Gasteiger partial charge on any atom is -0.159 e. The number of aryl methyl sites for hydroxylation is 2. The van der Waals surface area contributed by atoms with E-state index < -0.39 is 8.07 Å². The van der Waals surface area contributed by atoms with Gasteiger partial charge in [-0.15, -0.1) is 81.2 Å². The van der Waals surface area contributed by atoms with Crippen molar-refractivity contribution in [3.63, 3.8) is 0 Å². The number of rotatable bonds is 2. The van der Waals surface area contributed by atoms with Crippen LogP contribution in [-0.2, 0) is 37.0 Å². The first-order chi connectivity index (χ1) is 14.2. The van der Waals surface area contributed by atoms with E-state index in [0.717, 1.165) is 0 Å². The third-order valence-corrected chi connectivity index (χ3v) is 11.0. The van der Waals surface area contributed by atoms with E-state index in [1.54, 1.807) is 10.4 Å². The molecule has 2 heteroatoms. The summed E-state index contributed by atoms with van der Waals surface area (Å²) in [5, 5.41) is 8.97. The molecule has 0 N–H and O–H groups in total. The van der Waals surface area contributed by atoms with Gasteiger partial charge in [0, 0.05) is 8.07 Å². The topological polar surface area (TPSA) is 0 Å². The van der Waals surface area contributed by atoms with E-state index in [2.05, 4.69) is 117 Å². The SMILES string of the molecule is Cc1[cH-]c2ccc(C(C)(C)C)cc2c1[Si](C)(C)c1c(C)[cH-]c2ccc(C(C)(C)C)cc12.[Zr+2].